The first kappa shape index (κ1) is 28.5. The second kappa shape index (κ2) is 10.8. The zero-order chi connectivity index (χ0) is 29.5. The summed E-state index contributed by atoms with van der Waals surface area (Å²) in [6.07, 6.45) is 0.901. The molecule has 0 aliphatic carbocycles. The van der Waals surface area contributed by atoms with Crippen molar-refractivity contribution in [3.05, 3.63) is 88.4 Å². The van der Waals surface area contributed by atoms with Crippen LogP contribution < -0.4 is 10.1 Å². The molecule has 4 aromatic rings. The minimum absolute atomic E-state index is 0.00450. The van der Waals surface area contributed by atoms with E-state index in [9.17, 15) is 14.3 Å². The molecular weight excluding hydrogens is 535 g/mol. The van der Waals surface area contributed by atoms with Gasteiger partial charge in [0, 0.05) is 28.7 Å². The van der Waals surface area contributed by atoms with E-state index in [2.05, 4.69) is 15.5 Å². The molecule has 0 bridgehead atoms. The van der Waals surface area contributed by atoms with Gasteiger partial charge in [0.15, 0.2) is 0 Å². The van der Waals surface area contributed by atoms with Crippen molar-refractivity contribution >= 4 is 16.8 Å². The van der Waals surface area contributed by atoms with Gasteiger partial charge in [-0.2, -0.15) is 5.10 Å². The number of benzene rings is 3. The van der Waals surface area contributed by atoms with Gasteiger partial charge in [0.25, 0.3) is 5.91 Å². The summed E-state index contributed by atoms with van der Waals surface area (Å²) in [5.41, 5.74) is -2.01. The van der Waals surface area contributed by atoms with Crippen molar-refractivity contribution < 1.29 is 32.5 Å². The minimum Gasteiger partial charge on any atom is -0.494 e. The smallest absolute Gasteiger partial charge is 0.251 e. The van der Waals surface area contributed by atoms with E-state index >= 15 is 8.78 Å². The molecule has 1 aliphatic heterocycles. The molecule has 5 rings (SSSR count). The predicted octanol–water partition coefficient (Wildman–Crippen LogP) is 5.69. The van der Waals surface area contributed by atoms with Crippen molar-refractivity contribution in [3.8, 4) is 16.9 Å². The number of carbonyl (C=O) groups excluding carboxylic acids is 1. The summed E-state index contributed by atoms with van der Waals surface area (Å²) in [6.45, 7) is 4.73. The first-order chi connectivity index (χ1) is 19.4. The molecule has 1 aliphatic rings. The maximum Gasteiger partial charge on any atom is 0.251 e. The normalized spacial score (nSPS) is 17.2. The zero-order valence-corrected chi connectivity index (χ0v) is 23.1. The summed E-state index contributed by atoms with van der Waals surface area (Å²) in [5, 5.41) is 22.5. The highest BCUT2D eigenvalue weighted by Gasteiger charge is 2.42. The number of amides is 1. The molecule has 1 amide bonds. The molecule has 1 saturated heterocycles. The van der Waals surface area contributed by atoms with Gasteiger partial charge in [0.05, 0.1) is 30.5 Å². The Kier molecular flexibility index (Phi) is 7.48. The lowest BCUT2D eigenvalue weighted by Gasteiger charge is -2.32. The number of halogens is 3. The largest absolute Gasteiger partial charge is 0.494 e. The molecular formula is C31H30F3N3O4. The van der Waals surface area contributed by atoms with Crippen LogP contribution in [-0.4, -0.2) is 41.5 Å². The fourth-order valence-electron chi connectivity index (χ4n) is 5.27. The van der Waals surface area contributed by atoms with Crippen molar-refractivity contribution in [2.45, 2.75) is 44.8 Å². The standard InChI is InChI=1S/C31H30F3N3O4/c1-17-12-19-13-20(14-24(40-4)28(19)37-36-17)29(38)35-16-31(10-5-11-41-31)23-15-22(30(2,3)39)26(33)25(27(23)34)18-6-8-21(32)9-7-18/h6-9,12-15,39H,5,10-11,16H2,1-4H3,(H,35,38)/t31-/m1/s1. The van der Waals surface area contributed by atoms with Crippen LogP contribution in [0.2, 0.25) is 0 Å². The molecule has 0 saturated carbocycles. The fourth-order valence-corrected chi connectivity index (χ4v) is 5.27. The Bertz CT molecular complexity index is 1630. The molecule has 3 aromatic carbocycles. The summed E-state index contributed by atoms with van der Waals surface area (Å²) < 4.78 is 57.2. The van der Waals surface area contributed by atoms with Crippen LogP contribution in [0.1, 0.15) is 53.9 Å². The average Bonchev–Trinajstić information content (AvgIpc) is 3.41. The van der Waals surface area contributed by atoms with E-state index in [0.29, 0.717) is 40.8 Å². The number of hydrogen-bond acceptors (Lipinski definition) is 6. The van der Waals surface area contributed by atoms with E-state index in [1.807, 2.05) is 0 Å². The van der Waals surface area contributed by atoms with Gasteiger partial charge in [-0.15, -0.1) is 5.10 Å². The summed E-state index contributed by atoms with van der Waals surface area (Å²) in [4.78, 5) is 13.4. The van der Waals surface area contributed by atoms with Crippen LogP contribution in [0.3, 0.4) is 0 Å². The third-order valence-corrected chi connectivity index (χ3v) is 7.38. The van der Waals surface area contributed by atoms with Crippen LogP contribution in [0.5, 0.6) is 5.75 Å². The van der Waals surface area contributed by atoms with E-state index in [1.54, 1.807) is 25.1 Å². The SMILES string of the molecule is COc1cc(C(=O)NC[C@@]2(c3cc(C(C)(C)O)c(F)c(-c4ccc(F)cc4)c3F)CCCO2)cc2cc(C)nnc12. The van der Waals surface area contributed by atoms with Gasteiger partial charge in [-0.3, -0.25) is 4.79 Å². The Morgan fingerprint density at radius 2 is 1.83 bits per heavy atom. The maximum absolute atomic E-state index is 16.3. The average molecular weight is 566 g/mol. The molecule has 2 heterocycles. The van der Waals surface area contributed by atoms with E-state index in [4.69, 9.17) is 9.47 Å². The molecule has 10 heteroatoms. The molecule has 0 radical (unpaired) electrons. The number of nitrogens with one attached hydrogen (secondary N) is 1. The Morgan fingerprint density at radius 1 is 1.10 bits per heavy atom. The van der Waals surface area contributed by atoms with E-state index in [0.717, 1.165) is 12.1 Å². The van der Waals surface area contributed by atoms with Gasteiger partial charge in [-0.1, -0.05) is 12.1 Å². The Balaban J connectivity index is 1.56. The fraction of sp³-hybridized carbons (Fsp3) is 0.323. The number of carbonyl (C=O) groups is 1. The first-order valence-corrected chi connectivity index (χ1v) is 13.2. The molecule has 0 unspecified atom stereocenters. The van der Waals surface area contributed by atoms with Crippen LogP contribution in [0.25, 0.3) is 22.0 Å². The quantitative estimate of drug-likeness (QED) is 0.299. The summed E-state index contributed by atoms with van der Waals surface area (Å²) in [5.74, 6) is -2.50. The molecule has 1 fully saturated rings. The van der Waals surface area contributed by atoms with Crippen LogP contribution >= 0.6 is 0 Å². The number of aromatic nitrogens is 2. The summed E-state index contributed by atoms with van der Waals surface area (Å²) >= 11 is 0. The lowest BCUT2D eigenvalue weighted by Crippen LogP contribution is -2.41. The Morgan fingerprint density at radius 3 is 2.46 bits per heavy atom. The molecule has 2 N–H and O–H groups in total. The molecule has 41 heavy (non-hydrogen) atoms. The third kappa shape index (κ3) is 5.37. The van der Waals surface area contributed by atoms with Crippen molar-refractivity contribution in [1.29, 1.82) is 0 Å². The predicted molar refractivity (Wildman–Crippen MR) is 147 cm³/mol. The molecule has 214 valence electrons. The van der Waals surface area contributed by atoms with Crippen molar-refractivity contribution in [1.82, 2.24) is 15.5 Å². The number of methoxy groups -OCH3 is 1. The number of nitrogens with zero attached hydrogens (tertiary/aromatic N) is 2. The number of hydrogen-bond donors (Lipinski definition) is 2. The van der Waals surface area contributed by atoms with Crippen LogP contribution in [0.15, 0.2) is 48.5 Å². The van der Waals surface area contributed by atoms with Crippen LogP contribution in [-0.2, 0) is 15.9 Å². The lowest BCUT2D eigenvalue weighted by molar-refractivity contribution is -0.00192. The van der Waals surface area contributed by atoms with Crippen molar-refractivity contribution in [3.63, 3.8) is 0 Å². The number of ether oxygens (including phenoxy) is 2. The Labute approximate surface area is 235 Å². The highest BCUT2D eigenvalue weighted by atomic mass is 19.1. The van der Waals surface area contributed by atoms with Gasteiger partial charge in [0.2, 0.25) is 0 Å². The Hall–Kier alpha value is -4.02. The van der Waals surface area contributed by atoms with E-state index in [1.165, 1.54) is 39.2 Å². The monoisotopic (exact) mass is 565 g/mol. The lowest BCUT2D eigenvalue weighted by atomic mass is 9.83. The van der Waals surface area contributed by atoms with Gasteiger partial charge >= 0.3 is 0 Å². The highest BCUT2D eigenvalue weighted by Crippen LogP contribution is 2.43. The van der Waals surface area contributed by atoms with Crippen molar-refractivity contribution in [2.75, 3.05) is 20.3 Å². The second-order valence-corrected chi connectivity index (χ2v) is 10.8. The van der Waals surface area contributed by atoms with Crippen LogP contribution in [0.4, 0.5) is 13.2 Å². The van der Waals surface area contributed by atoms with Gasteiger partial charge in [0.1, 0.15) is 34.3 Å². The van der Waals surface area contributed by atoms with Gasteiger partial charge in [-0.05, 0) is 75.6 Å². The maximum atomic E-state index is 16.3. The minimum atomic E-state index is -1.67. The van der Waals surface area contributed by atoms with E-state index in [-0.39, 0.29) is 29.8 Å². The number of aryl methyl sites for hydroxylation is 1. The second-order valence-electron chi connectivity index (χ2n) is 10.8. The molecule has 0 spiro atoms. The zero-order valence-electron chi connectivity index (χ0n) is 23.1. The summed E-state index contributed by atoms with van der Waals surface area (Å²) in [6, 6.07) is 11.0. The van der Waals surface area contributed by atoms with E-state index < -0.39 is 40.1 Å². The number of rotatable bonds is 7. The van der Waals surface area contributed by atoms with Crippen molar-refractivity contribution in [2.24, 2.45) is 0 Å². The van der Waals surface area contributed by atoms with Gasteiger partial charge < -0.3 is 19.9 Å². The molecule has 7 nitrogen and oxygen atoms in total. The summed E-state index contributed by atoms with van der Waals surface area (Å²) in [7, 11) is 1.47. The van der Waals surface area contributed by atoms with Crippen LogP contribution in [0, 0.1) is 24.4 Å². The number of fused-ring (bicyclic) bond motifs is 1. The third-order valence-electron chi connectivity index (χ3n) is 7.38. The first-order valence-electron chi connectivity index (χ1n) is 13.2. The molecule has 1 aromatic heterocycles. The molecule has 1 atom stereocenters. The topological polar surface area (TPSA) is 93.6 Å². The van der Waals surface area contributed by atoms with Gasteiger partial charge in [-0.25, -0.2) is 13.2 Å². The highest BCUT2D eigenvalue weighted by molar-refractivity contribution is 5.99. The number of aliphatic hydroxyl groups is 1.